The molecule has 3 rings (SSSR count). The molecule has 2 saturated heterocycles. The molecule has 1 aromatic rings. The Morgan fingerprint density at radius 1 is 1.14 bits per heavy atom. The highest BCUT2D eigenvalue weighted by atomic mass is 35.5. The van der Waals surface area contributed by atoms with Crippen LogP contribution in [-0.4, -0.2) is 38.9 Å². The third-order valence-corrected chi connectivity index (χ3v) is 6.60. The van der Waals surface area contributed by atoms with Crippen molar-refractivity contribution in [3.63, 3.8) is 0 Å². The lowest BCUT2D eigenvalue weighted by Crippen LogP contribution is -2.32. The fraction of sp³-hybridized carbons (Fsp3) is 0.538. The Morgan fingerprint density at radius 2 is 1.76 bits per heavy atom. The monoisotopic (exact) mass is 370 g/mol. The molecule has 0 saturated carbocycles. The van der Waals surface area contributed by atoms with Crippen molar-refractivity contribution < 1.29 is 8.42 Å². The number of rotatable bonds is 3. The van der Waals surface area contributed by atoms with E-state index in [0.717, 1.165) is 13.1 Å². The number of hydrogen-bond donors (Lipinski definition) is 1. The molecule has 2 heterocycles. The van der Waals surface area contributed by atoms with Gasteiger partial charge in [-0.25, -0.2) is 12.7 Å². The molecular formula is C13H17Cl3N2O2S. The largest absolute Gasteiger partial charge is 0.316 e. The molecule has 4 nitrogen and oxygen atoms in total. The quantitative estimate of drug-likeness (QED) is 0.887. The molecule has 118 valence electrons. The second kappa shape index (κ2) is 6.60. The summed E-state index contributed by atoms with van der Waals surface area (Å²) in [6, 6.07) is 4.97. The first-order valence-electron chi connectivity index (χ1n) is 6.58. The zero-order valence-corrected chi connectivity index (χ0v) is 14.4. The summed E-state index contributed by atoms with van der Waals surface area (Å²) in [5, 5.41) is 4.14. The van der Waals surface area contributed by atoms with Gasteiger partial charge in [-0.05, 0) is 42.6 Å². The van der Waals surface area contributed by atoms with Gasteiger partial charge in [0.15, 0.2) is 0 Å². The molecule has 0 radical (unpaired) electrons. The number of nitrogens with zero attached hydrogens (tertiary/aromatic N) is 1. The van der Waals surface area contributed by atoms with E-state index in [1.165, 1.54) is 0 Å². The van der Waals surface area contributed by atoms with Crippen molar-refractivity contribution in [1.29, 1.82) is 0 Å². The first kappa shape index (κ1) is 17.3. The van der Waals surface area contributed by atoms with Gasteiger partial charge in [0, 0.05) is 13.1 Å². The van der Waals surface area contributed by atoms with E-state index in [1.807, 2.05) is 0 Å². The highest BCUT2D eigenvalue weighted by Gasteiger charge is 2.40. The van der Waals surface area contributed by atoms with Gasteiger partial charge in [-0.15, -0.1) is 12.4 Å². The van der Waals surface area contributed by atoms with E-state index in [1.54, 1.807) is 22.5 Å². The van der Waals surface area contributed by atoms with E-state index >= 15 is 0 Å². The van der Waals surface area contributed by atoms with Crippen molar-refractivity contribution in [2.24, 2.45) is 11.8 Å². The van der Waals surface area contributed by atoms with Crippen LogP contribution in [0.4, 0.5) is 0 Å². The standard InChI is InChI=1S/C13H16Cl2N2O2S.ClH/c14-12-2-1-9(3-13(12)15)8-20(18,19)17-6-10-4-16-5-11(10)7-17;/h1-3,10-11,16H,4-8H2;1H/t10-,11+;. The van der Waals surface area contributed by atoms with E-state index in [4.69, 9.17) is 23.2 Å². The Morgan fingerprint density at radius 3 is 2.33 bits per heavy atom. The smallest absolute Gasteiger partial charge is 0.218 e. The third-order valence-electron chi connectivity index (χ3n) is 4.08. The highest BCUT2D eigenvalue weighted by Crippen LogP contribution is 2.30. The molecule has 2 fully saturated rings. The molecule has 2 atom stereocenters. The van der Waals surface area contributed by atoms with Crippen molar-refractivity contribution in [3.8, 4) is 0 Å². The molecule has 0 unspecified atom stereocenters. The molecule has 0 aromatic heterocycles. The number of sulfonamides is 1. The van der Waals surface area contributed by atoms with Crippen LogP contribution >= 0.6 is 35.6 Å². The van der Waals surface area contributed by atoms with Crippen molar-refractivity contribution in [1.82, 2.24) is 9.62 Å². The maximum absolute atomic E-state index is 12.5. The minimum Gasteiger partial charge on any atom is -0.316 e. The van der Waals surface area contributed by atoms with Crippen LogP contribution in [0.5, 0.6) is 0 Å². The molecule has 0 bridgehead atoms. The molecule has 1 aromatic carbocycles. The fourth-order valence-electron chi connectivity index (χ4n) is 2.97. The van der Waals surface area contributed by atoms with Gasteiger partial charge in [0.25, 0.3) is 0 Å². The molecule has 2 aliphatic heterocycles. The molecule has 2 aliphatic rings. The lowest BCUT2D eigenvalue weighted by molar-refractivity contribution is 0.447. The van der Waals surface area contributed by atoms with Crippen LogP contribution in [0, 0.1) is 11.8 Å². The SMILES string of the molecule is Cl.O=S(=O)(Cc1ccc(Cl)c(Cl)c1)N1C[C@H]2CNC[C@H]2C1. The summed E-state index contributed by atoms with van der Waals surface area (Å²) in [6.07, 6.45) is 0. The zero-order valence-electron chi connectivity index (χ0n) is 11.3. The van der Waals surface area contributed by atoms with E-state index in [0.29, 0.717) is 40.5 Å². The minimum atomic E-state index is -3.28. The second-order valence-corrected chi connectivity index (χ2v) is 8.28. The van der Waals surface area contributed by atoms with Crippen LogP contribution in [-0.2, 0) is 15.8 Å². The molecule has 0 aliphatic carbocycles. The van der Waals surface area contributed by atoms with Gasteiger partial charge >= 0.3 is 0 Å². The second-order valence-electron chi connectivity index (χ2n) is 5.50. The van der Waals surface area contributed by atoms with Crippen LogP contribution in [0.25, 0.3) is 0 Å². The minimum absolute atomic E-state index is 0. The predicted octanol–water partition coefficient (Wildman–Crippen LogP) is 2.40. The summed E-state index contributed by atoms with van der Waals surface area (Å²) < 4.78 is 26.5. The van der Waals surface area contributed by atoms with Gasteiger partial charge in [0.1, 0.15) is 0 Å². The number of hydrogen-bond acceptors (Lipinski definition) is 3. The van der Waals surface area contributed by atoms with Crippen molar-refractivity contribution in [2.45, 2.75) is 5.75 Å². The normalized spacial score (nSPS) is 25.6. The van der Waals surface area contributed by atoms with E-state index < -0.39 is 10.0 Å². The molecular weight excluding hydrogens is 355 g/mol. The summed E-state index contributed by atoms with van der Waals surface area (Å²) in [6.45, 7) is 3.09. The highest BCUT2D eigenvalue weighted by molar-refractivity contribution is 7.88. The number of benzene rings is 1. The Hall–Kier alpha value is -0.0400. The Bertz CT molecular complexity index is 612. The Balaban J connectivity index is 0.00000161. The fourth-order valence-corrected chi connectivity index (χ4v) is 4.91. The topological polar surface area (TPSA) is 49.4 Å². The number of fused-ring (bicyclic) bond motifs is 1. The summed E-state index contributed by atoms with van der Waals surface area (Å²) in [7, 11) is -3.28. The van der Waals surface area contributed by atoms with Crippen LogP contribution in [0.15, 0.2) is 18.2 Å². The molecule has 0 spiro atoms. The van der Waals surface area contributed by atoms with Crippen molar-refractivity contribution in [3.05, 3.63) is 33.8 Å². The van der Waals surface area contributed by atoms with Crippen molar-refractivity contribution >= 4 is 45.6 Å². The molecule has 0 amide bonds. The Labute approximate surface area is 141 Å². The van der Waals surface area contributed by atoms with Gasteiger partial charge in [-0.3, -0.25) is 0 Å². The Kier molecular flexibility index (Phi) is 5.45. The van der Waals surface area contributed by atoms with Gasteiger partial charge in [-0.1, -0.05) is 29.3 Å². The van der Waals surface area contributed by atoms with Crippen LogP contribution in [0.1, 0.15) is 5.56 Å². The van der Waals surface area contributed by atoms with Gasteiger partial charge in [0.2, 0.25) is 10.0 Å². The van der Waals surface area contributed by atoms with Gasteiger partial charge in [0.05, 0.1) is 15.8 Å². The van der Waals surface area contributed by atoms with Crippen LogP contribution in [0.3, 0.4) is 0 Å². The summed E-state index contributed by atoms with van der Waals surface area (Å²) in [5.41, 5.74) is 0.676. The van der Waals surface area contributed by atoms with Crippen LogP contribution < -0.4 is 5.32 Å². The summed E-state index contributed by atoms with van der Waals surface area (Å²) in [4.78, 5) is 0. The predicted molar refractivity (Wildman–Crippen MR) is 87.8 cm³/mol. The summed E-state index contributed by atoms with van der Waals surface area (Å²) in [5.74, 6) is 0.897. The third kappa shape index (κ3) is 3.66. The van der Waals surface area contributed by atoms with E-state index in [9.17, 15) is 8.42 Å². The lowest BCUT2D eigenvalue weighted by atomic mass is 10.0. The maximum Gasteiger partial charge on any atom is 0.218 e. The number of halogens is 3. The zero-order chi connectivity index (χ0) is 14.3. The molecule has 1 N–H and O–H groups in total. The molecule has 21 heavy (non-hydrogen) atoms. The maximum atomic E-state index is 12.5. The average molecular weight is 372 g/mol. The van der Waals surface area contributed by atoms with Crippen LogP contribution in [0.2, 0.25) is 10.0 Å². The van der Waals surface area contributed by atoms with E-state index in [2.05, 4.69) is 5.32 Å². The molecule has 8 heteroatoms. The summed E-state index contributed by atoms with van der Waals surface area (Å²) >= 11 is 11.8. The first-order chi connectivity index (χ1) is 9.45. The van der Waals surface area contributed by atoms with Gasteiger partial charge < -0.3 is 5.32 Å². The lowest BCUT2D eigenvalue weighted by Gasteiger charge is -2.17. The van der Waals surface area contributed by atoms with E-state index in [-0.39, 0.29) is 18.2 Å². The van der Waals surface area contributed by atoms with Crippen molar-refractivity contribution in [2.75, 3.05) is 26.2 Å². The first-order valence-corrected chi connectivity index (χ1v) is 8.95. The number of nitrogens with one attached hydrogen (secondary N) is 1. The van der Waals surface area contributed by atoms with Gasteiger partial charge in [-0.2, -0.15) is 0 Å². The average Bonchev–Trinajstić information content (AvgIpc) is 2.94.